The monoisotopic (exact) mass is 517 g/mol. The molecular formula is C23H35NO12. The van der Waals surface area contributed by atoms with Gasteiger partial charge in [0.25, 0.3) is 0 Å². The number of rotatable bonds is 10. The van der Waals surface area contributed by atoms with Crippen LogP contribution in [0.4, 0.5) is 0 Å². The molecule has 1 aliphatic heterocycles. The highest BCUT2D eigenvalue weighted by atomic mass is 16.6. The van der Waals surface area contributed by atoms with Crippen molar-refractivity contribution in [2.75, 3.05) is 13.7 Å². The summed E-state index contributed by atoms with van der Waals surface area (Å²) in [5.41, 5.74) is -1.71. The number of amides is 1. The fraction of sp³-hybridized carbons (Fsp3) is 0.739. The van der Waals surface area contributed by atoms with Crippen molar-refractivity contribution in [2.45, 2.75) is 90.9 Å². The van der Waals surface area contributed by atoms with Crippen molar-refractivity contribution >= 4 is 35.8 Å². The van der Waals surface area contributed by atoms with E-state index in [-0.39, 0.29) is 6.42 Å². The van der Waals surface area contributed by atoms with Gasteiger partial charge in [0.15, 0.2) is 17.8 Å². The highest BCUT2D eigenvalue weighted by Crippen LogP contribution is 2.40. The summed E-state index contributed by atoms with van der Waals surface area (Å²) in [7, 11) is 1.15. The molecule has 0 aromatic carbocycles. The number of esters is 5. The fourth-order valence-electron chi connectivity index (χ4n) is 4.08. The first kappa shape index (κ1) is 30.8. The Kier molecular flexibility index (Phi) is 11.3. The molecule has 0 radical (unpaired) electrons. The Balaban J connectivity index is 3.80. The van der Waals surface area contributed by atoms with E-state index in [1.165, 1.54) is 6.92 Å². The number of ether oxygens (including phenoxy) is 6. The van der Waals surface area contributed by atoms with E-state index < -0.39 is 84.3 Å². The molecule has 13 nitrogen and oxygen atoms in total. The summed E-state index contributed by atoms with van der Waals surface area (Å²) in [6, 6.07) is -1.16. The van der Waals surface area contributed by atoms with E-state index in [9.17, 15) is 28.8 Å². The van der Waals surface area contributed by atoms with Gasteiger partial charge in [0.1, 0.15) is 18.8 Å². The summed E-state index contributed by atoms with van der Waals surface area (Å²) in [4.78, 5) is 72.6. The maximum absolute atomic E-state index is 13.0. The number of hydrogen-bond acceptors (Lipinski definition) is 12. The lowest BCUT2D eigenvalue weighted by Gasteiger charge is -2.50. The van der Waals surface area contributed by atoms with Crippen LogP contribution in [0.25, 0.3) is 0 Å². The van der Waals surface area contributed by atoms with Crippen LogP contribution in [-0.4, -0.2) is 85.5 Å². The summed E-state index contributed by atoms with van der Waals surface area (Å²) in [5.74, 6) is -4.94. The average molecular weight is 518 g/mol. The molecule has 0 spiro atoms. The normalized spacial score (nSPS) is 25.1. The second kappa shape index (κ2) is 13.2. The molecule has 0 aromatic heterocycles. The van der Waals surface area contributed by atoms with Crippen molar-refractivity contribution in [1.82, 2.24) is 5.32 Å². The first-order valence-electron chi connectivity index (χ1n) is 11.3. The van der Waals surface area contributed by atoms with Gasteiger partial charge in [-0.1, -0.05) is 13.8 Å². The van der Waals surface area contributed by atoms with Gasteiger partial charge >= 0.3 is 29.8 Å². The van der Waals surface area contributed by atoms with Crippen LogP contribution < -0.4 is 5.32 Å². The van der Waals surface area contributed by atoms with Crippen molar-refractivity contribution in [1.29, 1.82) is 0 Å². The zero-order chi connectivity index (χ0) is 27.8. The molecule has 204 valence electrons. The lowest BCUT2D eigenvalue weighted by atomic mass is 9.77. The molecule has 0 unspecified atom stereocenters. The summed E-state index contributed by atoms with van der Waals surface area (Å²) in [6.07, 6.45) is -5.68. The molecule has 1 aliphatic rings. The van der Waals surface area contributed by atoms with Gasteiger partial charge in [-0.2, -0.15) is 0 Å². The Labute approximate surface area is 209 Å². The third-order valence-corrected chi connectivity index (χ3v) is 5.52. The number of carbonyl (C=O) groups excluding carboxylic acids is 6. The van der Waals surface area contributed by atoms with E-state index in [4.69, 9.17) is 28.4 Å². The van der Waals surface area contributed by atoms with Crippen molar-refractivity contribution < 1.29 is 57.2 Å². The molecule has 1 rings (SSSR count). The maximum Gasteiger partial charge on any atom is 0.338 e. The number of hydrogen-bond donors (Lipinski definition) is 1. The number of methoxy groups -OCH3 is 1. The molecule has 0 aliphatic carbocycles. The summed E-state index contributed by atoms with van der Waals surface area (Å²) >= 11 is 0. The smallest absolute Gasteiger partial charge is 0.338 e. The summed E-state index contributed by atoms with van der Waals surface area (Å²) in [6.45, 7) is 8.45. The van der Waals surface area contributed by atoms with E-state index in [0.29, 0.717) is 0 Å². The quantitative estimate of drug-likeness (QED) is 0.309. The molecule has 13 heteroatoms. The molecule has 1 heterocycles. The Morgan fingerprint density at radius 2 is 1.50 bits per heavy atom. The minimum Gasteiger partial charge on any atom is -0.467 e. The summed E-state index contributed by atoms with van der Waals surface area (Å²) in [5, 5.41) is 2.61. The molecule has 6 atom stereocenters. The Morgan fingerprint density at radius 1 is 0.917 bits per heavy atom. The van der Waals surface area contributed by atoms with Gasteiger partial charge in [-0.05, 0) is 5.92 Å². The first-order valence-corrected chi connectivity index (χ1v) is 11.3. The average Bonchev–Trinajstić information content (AvgIpc) is 2.74. The number of carbonyl (C=O) groups is 6. The molecule has 0 bridgehead atoms. The van der Waals surface area contributed by atoms with Crippen LogP contribution in [0.2, 0.25) is 0 Å². The molecular weight excluding hydrogens is 482 g/mol. The maximum atomic E-state index is 13.0. The van der Waals surface area contributed by atoms with Gasteiger partial charge in [-0.15, -0.1) is 0 Å². The van der Waals surface area contributed by atoms with Gasteiger partial charge in [0.2, 0.25) is 5.91 Å². The predicted octanol–water partition coefficient (Wildman–Crippen LogP) is 0.206. The Hall–Kier alpha value is -3.22. The topological polar surface area (TPSA) is 170 Å². The molecule has 1 fully saturated rings. The Morgan fingerprint density at radius 3 is 1.92 bits per heavy atom. The zero-order valence-corrected chi connectivity index (χ0v) is 21.8. The Bertz CT molecular complexity index is 856. The molecule has 36 heavy (non-hydrogen) atoms. The second-order valence-corrected chi connectivity index (χ2v) is 8.72. The van der Waals surface area contributed by atoms with Crippen molar-refractivity contribution in [3.8, 4) is 0 Å². The van der Waals surface area contributed by atoms with E-state index in [1.54, 1.807) is 13.8 Å². The van der Waals surface area contributed by atoms with Crippen LogP contribution in [0.1, 0.15) is 54.9 Å². The van der Waals surface area contributed by atoms with Gasteiger partial charge in [0.05, 0.1) is 13.2 Å². The molecule has 1 N–H and O–H groups in total. The third-order valence-electron chi connectivity index (χ3n) is 5.52. The molecule has 0 saturated carbocycles. The van der Waals surface area contributed by atoms with Crippen LogP contribution in [0.15, 0.2) is 0 Å². The lowest BCUT2D eigenvalue weighted by Crippen LogP contribution is -2.69. The van der Waals surface area contributed by atoms with Crippen molar-refractivity contribution in [2.24, 2.45) is 5.92 Å². The van der Waals surface area contributed by atoms with Crippen molar-refractivity contribution in [3.63, 3.8) is 0 Å². The fourth-order valence-corrected chi connectivity index (χ4v) is 4.08. The van der Waals surface area contributed by atoms with Crippen LogP contribution in [0, 0.1) is 5.92 Å². The standard InChI is InChI=1S/C23H35NO12/c1-11(2)23(22(30)31-8)9-17(33-14(5)27)19(24-12(3)25)21(36-23)20(35-16(7)29)18(34-15(6)28)10-32-13(4)26/h11,17-21H,9-10H2,1-8H3,(H,24,25)/t17-,18+,19+,20+,21+,23-/m0/s1. The van der Waals surface area contributed by atoms with Crippen molar-refractivity contribution in [3.05, 3.63) is 0 Å². The van der Waals surface area contributed by atoms with Gasteiger partial charge in [-0.3, -0.25) is 24.0 Å². The predicted molar refractivity (Wildman–Crippen MR) is 120 cm³/mol. The minimum absolute atomic E-state index is 0.201. The van der Waals surface area contributed by atoms with E-state index in [1.807, 2.05) is 0 Å². The van der Waals surface area contributed by atoms with Crippen LogP contribution in [0.3, 0.4) is 0 Å². The van der Waals surface area contributed by atoms with Gasteiger partial charge in [0, 0.05) is 41.0 Å². The highest BCUT2D eigenvalue weighted by Gasteiger charge is 2.59. The SMILES string of the molecule is COC(=O)[C@@]1(C(C)C)C[C@H](OC(C)=O)[C@@H](NC(C)=O)[C@H]([C@H](OC(C)=O)[C@@H](COC(C)=O)OC(C)=O)O1. The third kappa shape index (κ3) is 8.18. The number of nitrogens with one attached hydrogen (secondary N) is 1. The highest BCUT2D eigenvalue weighted by molar-refractivity contribution is 5.80. The molecule has 0 aromatic rings. The van der Waals surface area contributed by atoms with Gasteiger partial charge in [-0.25, -0.2) is 4.79 Å². The van der Waals surface area contributed by atoms with E-state index in [2.05, 4.69) is 5.32 Å². The van der Waals surface area contributed by atoms with E-state index >= 15 is 0 Å². The summed E-state index contributed by atoms with van der Waals surface area (Å²) < 4.78 is 32.5. The minimum atomic E-state index is -1.71. The lowest BCUT2D eigenvalue weighted by molar-refractivity contribution is -0.250. The zero-order valence-electron chi connectivity index (χ0n) is 21.8. The second-order valence-electron chi connectivity index (χ2n) is 8.72. The van der Waals surface area contributed by atoms with Crippen LogP contribution >= 0.6 is 0 Å². The largest absolute Gasteiger partial charge is 0.467 e. The van der Waals surface area contributed by atoms with E-state index in [0.717, 1.165) is 34.8 Å². The molecule has 1 amide bonds. The van der Waals surface area contributed by atoms with Gasteiger partial charge < -0.3 is 33.7 Å². The molecule has 1 saturated heterocycles. The first-order chi connectivity index (χ1) is 16.6. The van der Waals surface area contributed by atoms with Crippen LogP contribution in [-0.2, 0) is 57.2 Å². The van der Waals surface area contributed by atoms with Crippen LogP contribution in [0.5, 0.6) is 0 Å².